The summed E-state index contributed by atoms with van der Waals surface area (Å²) >= 11 is 0. The second-order valence-electron chi connectivity index (χ2n) is 2.36. The number of aliphatic imine (C=N–C) groups is 1. The van der Waals surface area contributed by atoms with Gasteiger partial charge in [0.05, 0.1) is 5.70 Å². The van der Waals surface area contributed by atoms with Crippen LogP contribution in [0.5, 0.6) is 0 Å². The first-order chi connectivity index (χ1) is 5.59. The van der Waals surface area contributed by atoms with Crippen molar-refractivity contribution in [1.29, 1.82) is 0 Å². The van der Waals surface area contributed by atoms with Gasteiger partial charge in [-0.15, -0.1) is 0 Å². The Kier molecular flexibility index (Phi) is 2.19. The standard InChI is InChI=1S/C8H8N2O2/c1-5-4-9-8(12)3-7(5)10-6(2)11/h3-4H,1H2,2H3,(H,10,11). The minimum atomic E-state index is -0.383. The minimum Gasteiger partial charge on any atom is -0.326 e. The van der Waals surface area contributed by atoms with Crippen LogP contribution >= 0.6 is 0 Å². The van der Waals surface area contributed by atoms with Gasteiger partial charge in [0, 0.05) is 24.8 Å². The lowest BCUT2D eigenvalue weighted by Crippen LogP contribution is -2.23. The Morgan fingerprint density at radius 3 is 2.92 bits per heavy atom. The van der Waals surface area contributed by atoms with E-state index in [0.29, 0.717) is 11.3 Å². The molecule has 0 aromatic rings. The van der Waals surface area contributed by atoms with Crippen LogP contribution in [0, 0.1) is 0 Å². The summed E-state index contributed by atoms with van der Waals surface area (Å²) < 4.78 is 0. The van der Waals surface area contributed by atoms with Crippen molar-refractivity contribution in [2.75, 3.05) is 0 Å². The average Bonchev–Trinajstić information content (AvgIpc) is 1.96. The van der Waals surface area contributed by atoms with Crippen molar-refractivity contribution in [2.24, 2.45) is 4.99 Å². The van der Waals surface area contributed by atoms with E-state index in [9.17, 15) is 9.59 Å². The van der Waals surface area contributed by atoms with Gasteiger partial charge in [0.1, 0.15) is 0 Å². The van der Waals surface area contributed by atoms with Crippen LogP contribution in [0.25, 0.3) is 0 Å². The topological polar surface area (TPSA) is 58.5 Å². The van der Waals surface area contributed by atoms with Gasteiger partial charge in [-0.05, 0) is 0 Å². The molecule has 1 heterocycles. The van der Waals surface area contributed by atoms with Gasteiger partial charge in [0.25, 0.3) is 5.91 Å². The second-order valence-corrected chi connectivity index (χ2v) is 2.36. The van der Waals surface area contributed by atoms with Gasteiger partial charge in [-0.25, -0.2) is 4.99 Å². The average molecular weight is 164 g/mol. The van der Waals surface area contributed by atoms with Crippen molar-refractivity contribution >= 4 is 18.0 Å². The quantitative estimate of drug-likeness (QED) is 0.600. The monoisotopic (exact) mass is 164 g/mol. The Labute approximate surface area is 69.7 Å². The van der Waals surface area contributed by atoms with Gasteiger partial charge in [0.2, 0.25) is 5.91 Å². The van der Waals surface area contributed by atoms with Crippen molar-refractivity contribution in [3.05, 3.63) is 23.9 Å². The Morgan fingerprint density at radius 1 is 1.67 bits per heavy atom. The molecule has 62 valence electrons. The molecule has 0 spiro atoms. The van der Waals surface area contributed by atoms with E-state index in [2.05, 4.69) is 16.9 Å². The summed E-state index contributed by atoms with van der Waals surface area (Å²) in [7, 11) is 0. The number of allylic oxidation sites excluding steroid dienone is 1. The van der Waals surface area contributed by atoms with Gasteiger partial charge in [-0.2, -0.15) is 0 Å². The molecule has 0 aromatic heterocycles. The molecule has 0 fully saturated rings. The van der Waals surface area contributed by atoms with Gasteiger partial charge < -0.3 is 5.32 Å². The fourth-order valence-electron chi connectivity index (χ4n) is 0.771. The first-order valence-corrected chi connectivity index (χ1v) is 3.36. The molecule has 1 rings (SSSR count). The zero-order valence-electron chi connectivity index (χ0n) is 6.63. The summed E-state index contributed by atoms with van der Waals surface area (Å²) in [4.78, 5) is 24.8. The number of amides is 2. The van der Waals surface area contributed by atoms with E-state index in [0.717, 1.165) is 0 Å². The summed E-state index contributed by atoms with van der Waals surface area (Å²) in [5, 5.41) is 2.47. The highest BCUT2D eigenvalue weighted by atomic mass is 16.2. The first kappa shape index (κ1) is 8.39. The molecular weight excluding hydrogens is 156 g/mol. The third-order valence-corrected chi connectivity index (χ3v) is 1.27. The van der Waals surface area contributed by atoms with Crippen LogP contribution in [0.2, 0.25) is 0 Å². The summed E-state index contributed by atoms with van der Waals surface area (Å²) in [6.45, 7) is 4.96. The molecule has 0 atom stereocenters. The molecule has 1 aliphatic rings. The second kappa shape index (κ2) is 3.13. The van der Waals surface area contributed by atoms with E-state index >= 15 is 0 Å². The summed E-state index contributed by atoms with van der Waals surface area (Å²) in [6.07, 6.45) is 2.57. The van der Waals surface area contributed by atoms with Crippen LogP contribution in [-0.2, 0) is 9.59 Å². The molecule has 0 saturated carbocycles. The molecule has 4 heteroatoms. The normalized spacial score (nSPS) is 15.9. The molecule has 4 nitrogen and oxygen atoms in total. The highest BCUT2D eigenvalue weighted by Crippen LogP contribution is 2.06. The third kappa shape index (κ3) is 1.88. The van der Waals surface area contributed by atoms with Gasteiger partial charge in [-0.1, -0.05) is 6.58 Å². The zero-order chi connectivity index (χ0) is 9.14. The Bertz CT molecular complexity index is 313. The van der Waals surface area contributed by atoms with Crippen LogP contribution in [0.3, 0.4) is 0 Å². The third-order valence-electron chi connectivity index (χ3n) is 1.27. The lowest BCUT2D eigenvalue weighted by atomic mass is 10.2. The Morgan fingerprint density at radius 2 is 2.33 bits per heavy atom. The first-order valence-electron chi connectivity index (χ1n) is 3.36. The largest absolute Gasteiger partial charge is 0.326 e. The van der Waals surface area contributed by atoms with Crippen LogP contribution in [0.15, 0.2) is 28.9 Å². The van der Waals surface area contributed by atoms with E-state index in [1.165, 1.54) is 19.2 Å². The maximum atomic E-state index is 10.7. The molecule has 2 amide bonds. The van der Waals surface area contributed by atoms with E-state index in [4.69, 9.17) is 0 Å². The number of nitrogens with one attached hydrogen (secondary N) is 1. The van der Waals surface area contributed by atoms with Gasteiger partial charge in [0.15, 0.2) is 0 Å². The van der Waals surface area contributed by atoms with Crippen molar-refractivity contribution < 1.29 is 9.59 Å². The number of nitrogens with zero attached hydrogens (tertiary/aromatic N) is 1. The number of carbonyl (C=O) groups excluding carboxylic acids is 2. The lowest BCUT2D eigenvalue weighted by molar-refractivity contribution is -0.118. The summed E-state index contributed by atoms with van der Waals surface area (Å²) in [6, 6.07) is 0. The number of dihydropyridines is 1. The predicted molar refractivity (Wildman–Crippen MR) is 44.5 cm³/mol. The van der Waals surface area contributed by atoms with Crippen LogP contribution < -0.4 is 5.32 Å². The smallest absolute Gasteiger partial charge is 0.271 e. The maximum absolute atomic E-state index is 10.7. The molecule has 1 aliphatic heterocycles. The highest BCUT2D eigenvalue weighted by Gasteiger charge is 2.09. The molecule has 0 radical (unpaired) electrons. The van der Waals surface area contributed by atoms with Crippen molar-refractivity contribution in [3.63, 3.8) is 0 Å². The van der Waals surface area contributed by atoms with E-state index in [1.807, 2.05) is 0 Å². The SMILES string of the molecule is C=C1C=NC(=O)C=C1NC(C)=O. The molecule has 1 N–H and O–H groups in total. The van der Waals surface area contributed by atoms with E-state index in [-0.39, 0.29) is 11.8 Å². The Hall–Kier alpha value is -1.71. The van der Waals surface area contributed by atoms with Crippen molar-refractivity contribution in [1.82, 2.24) is 5.32 Å². The summed E-state index contributed by atoms with van der Waals surface area (Å²) in [5.41, 5.74) is 0.951. The van der Waals surface area contributed by atoms with E-state index in [1.54, 1.807) is 0 Å². The number of hydrogen-bond donors (Lipinski definition) is 1. The molecular formula is C8H8N2O2. The molecule has 0 bridgehead atoms. The van der Waals surface area contributed by atoms with E-state index < -0.39 is 0 Å². The highest BCUT2D eigenvalue weighted by molar-refractivity contribution is 6.05. The van der Waals surface area contributed by atoms with Crippen molar-refractivity contribution in [2.45, 2.75) is 6.92 Å². The Balaban J connectivity index is 2.81. The number of hydrogen-bond acceptors (Lipinski definition) is 2. The zero-order valence-corrected chi connectivity index (χ0v) is 6.63. The van der Waals surface area contributed by atoms with Crippen LogP contribution in [0.4, 0.5) is 0 Å². The fourth-order valence-corrected chi connectivity index (χ4v) is 0.771. The summed E-state index contributed by atoms with van der Waals surface area (Å²) in [5.74, 6) is -0.614. The van der Waals surface area contributed by atoms with Crippen LogP contribution in [0.1, 0.15) is 6.92 Å². The van der Waals surface area contributed by atoms with Gasteiger partial charge in [-0.3, -0.25) is 9.59 Å². The van der Waals surface area contributed by atoms with Gasteiger partial charge >= 0.3 is 0 Å². The minimum absolute atomic E-state index is 0.231. The van der Waals surface area contributed by atoms with Crippen LogP contribution in [-0.4, -0.2) is 18.0 Å². The molecule has 12 heavy (non-hydrogen) atoms. The molecule has 0 aliphatic carbocycles. The molecule has 0 saturated heterocycles. The number of rotatable bonds is 1. The number of carbonyl (C=O) groups is 2. The predicted octanol–water partition coefficient (Wildman–Crippen LogP) is 0.174. The maximum Gasteiger partial charge on any atom is 0.271 e. The van der Waals surface area contributed by atoms with Crippen molar-refractivity contribution in [3.8, 4) is 0 Å². The molecule has 0 unspecified atom stereocenters. The molecule has 0 aromatic carbocycles. The fraction of sp³-hybridized carbons (Fsp3) is 0.125. The lowest BCUT2D eigenvalue weighted by Gasteiger charge is -2.09.